The Balaban J connectivity index is 2.17. The van der Waals surface area contributed by atoms with Gasteiger partial charge in [0.15, 0.2) is 0 Å². The van der Waals surface area contributed by atoms with Crippen molar-refractivity contribution in [1.82, 2.24) is 10.6 Å². The van der Waals surface area contributed by atoms with Crippen LogP contribution in [0.4, 0.5) is 0 Å². The Morgan fingerprint density at radius 3 is 3.09 bits per heavy atom. The van der Waals surface area contributed by atoms with Gasteiger partial charge in [0.25, 0.3) is 0 Å². The summed E-state index contributed by atoms with van der Waals surface area (Å²) in [6, 6.07) is 0. The number of nitrogens with two attached hydrogens (primary N) is 1. The van der Waals surface area contributed by atoms with Gasteiger partial charge in [-0.05, 0) is 13.0 Å². The quantitative estimate of drug-likeness (QED) is 0.475. The molecule has 1 saturated heterocycles. The third-order valence-corrected chi connectivity index (χ3v) is 1.87. The van der Waals surface area contributed by atoms with E-state index in [0.717, 1.165) is 19.5 Å². The molecule has 4 nitrogen and oxygen atoms in total. The first-order valence-electron chi connectivity index (χ1n) is 4.03. The largest absolute Gasteiger partial charge is 0.355 e. The Bertz CT molecular complexity index is 132. The molecule has 0 aromatic carbocycles. The average molecular weight is 157 g/mol. The van der Waals surface area contributed by atoms with Crippen molar-refractivity contribution in [3.05, 3.63) is 0 Å². The number of carbonyl (C=O) groups excluding carboxylic acids is 1. The second-order valence-electron chi connectivity index (χ2n) is 2.77. The molecule has 0 aromatic heterocycles. The van der Waals surface area contributed by atoms with Gasteiger partial charge in [0.2, 0.25) is 5.91 Å². The van der Waals surface area contributed by atoms with Gasteiger partial charge in [-0.25, -0.2) is 0 Å². The zero-order valence-corrected chi connectivity index (χ0v) is 6.60. The van der Waals surface area contributed by atoms with Crippen LogP contribution in [0.1, 0.15) is 6.42 Å². The van der Waals surface area contributed by atoms with Crippen LogP contribution in [-0.4, -0.2) is 32.1 Å². The minimum atomic E-state index is 0.139. The lowest BCUT2D eigenvalue weighted by atomic mass is 10.1. The molecule has 4 heteroatoms. The molecule has 1 rings (SSSR count). The predicted octanol–water partition coefficient (Wildman–Crippen LogP) is -1.33. The Kier molecular flexibility index (Phi) is 3.32. The summed E-state index contributed by atoms with van der Waals surface area (Å²) in [5.41, 5.74) is 5.25. The van der Waals surface area contributed by atoms with Gasteiger partial charge in [0, 0.05) is 19.6 Å². The zero-order chi connectivity index (χ0) is 8.10. The van der Waals surface area contributed by atoms with Crippen molar-refractivity contribution < 1.29 is 4.79 Å². The van der Waals surface area contributed by atoms with E-state index in [4.69, 9.17) is 5.73 Å². The summed E-state index contributed by atoms with van der Waals surface area (Å²) < 4.78 is 0. The molecular weight excluding hydrogens is 142 g/mol. The second kappa shape index (κ2) is 4.31. The van der Waals surface area contributed by atoms with Crippen molar-refractivity contribution in [2.24, 2.45) is 11.7 Å². The highest BCUT2D eigenvalue weighted by Gasteiger charge is 2.21. The van der Waals surface area contributed by atoms with Crippen molar-refractivity contribution in [2.75, 3.05) is 26.2 Å². The number of hydrogen-bond donors (Lipinski definition) is 3. The molecule has 4 N–H and O–H groups in total. The standard InChI is InChI=1S/C7H15N3O/c8-2-4-10-7(11)6-1-3-9-5-6/h6,9H,1-5,8H2,(H,10,11)/t6-/m1/s1. The molecule has 0 unspecified atom stereocenters. The molecule has 0 aliphatic carbocycles. The molecule has 0 bridgehead atoms. The highest BCUT2D eigenvalue weighted by Crippen LogP contribution is 2.06. The fourth-order valence-electron chi connectivity index (χ4n) is 1.22. The molecule has 1 atom stereocenters. The van der Waals surface area contributed by atoms with Crippen LogP contribution in [0, 0.1) is 5.92 Å². The van der Waals surface area contributed by atoms with E-state index in [1.807, 2.05) is 0 Å². The van der Waals surface area contributed by atoms with Crippen LogP contribution in [0.3, 0.4) is 0 Å². The van der Waals surface area contributed by atoms with E-state index in [1.165, 1.54) is 0 Å². The van der Waals surface area contributed by atoms with Crippen molar-refractivity contribution >= 4 is 5.91 Å². The van der Waals surface area contributed by atoms with Gasteiger partial charge >= 0.3 is 0 Å². The number of hydrogen-bond acceptors (Lipinski definition) is 3. The van der Waals surface area contributed by atoms with Crippen LogP contribution in [-0.2, 0) is 4.79 Å². The van der Waals surface area contributed by atoms with Crippen LogP contribution in [0.2, 0.25) is 0 Å². The van der Waals surface area contributed by atoms with Crippen LogP contribution in [0.15, 0.2) is 0 Å². The molecule has 0 spiro atoms. The predicted molar refractivity (Wildman–Crippen MR) is 43.0 cm³/mol. The summed E-state index contributed by atoms with van der Waals surface area (Å²) in [6.45, 7) is 2.89. The maximum absolute atomic E-state index is 11.2. The molecule has 1 aliphatic rings. The van der Waals surface area contributed by atoms with Gasteiger partial charge in [-0.3, -0.25) is 4.79 Å². The van der Waals surface area contributed by atoms with E-state index >= 15 is 0 Å². The molecule has 1 fully saturated rings. The molecule has 0 saturated carbocycles. The van der Waals surface area contributed by atoms with Gasteiger partial charge in [-0.2, -0.15) is 0 Å². The zero-order valence-electron chi connectivity index (χ0n) is 6.60. The van der Waals surface area contributed by atoms with Gasteiger partial charge < -0.3 is 16.4 Å². The monoisotopic (exact) mass is 157 g/mol. The van der Waals surface area contributed by atoms with Gasteiger partial charge in [-0.1, -0.05) is 0 Å². The summed E-state index contributed by atoms with van der Waals surface area (Å²) in [5.74, 6) is 0.307. The fourth-order valence-corrected chi connectivity index (χ4v) is 1.22. The fraction of sp³-hybridized carbons (Fsp3) is 0.857. The van der Waals surface area contributed by atoms with Crippen LogP contribution < -0.4 is 16.4 Å². The molecule has 1 amide bonds. The number of nitrogens with one attached hydrogen (secondary N) is 2. The molecule has 0 aromatic rings. The van der Waals surface area contributed by atoms with Crippen LogP contribution in [0.5, 0.6) is 0 Å². The van der Waals surface area contributed by atoms with Gasteiger partial charge in [-0.15, -0.1) is 0 Å². The van der Waals surface area contributed by atoms with Gasteiger partial charge in [0.1, 0.15) is 0 Å². The van der Waals surface area contributed by atoms with E-state index in [2.05, 4.69) is 10.6 Å². The average Bonchev–Trinajstić information content (AvgIpc) is 2.52. The van der Waals surface area contributed by atoms with E-state index < -0.39 is 0 Å². The summed E-state index contributed by atoms with van der Waals surface area (Å²) in [7, 11) is 0. The Labute approximate surface area is 66.5 Å². The minimum absolute atomic E-state index is 0.139. The summed E-state index contributed by atoms with van der Waals surface area (Å²) in [5, 5.41) is 5.91. The topological polar surface area (TPSA) is 67.1 Å². The number of amides is 1. The SMILES string of the molecule is NCCNC(=O)[C@@H]1CCNC1. The van der Waals surface area contributed by atoms with Crippen molar-refractivity contribution in [2.45, 2.75) is 6.42 Å². The third kappa shape index (κ3) is 2.48. The van der Waals surface area contributed by atoms with E-state index in [0.29, 0.717) is 13.1 Å². The Hall–Kier alpha value is -0.610. The minimum Gasteiger partial charge on any atom is -0.355 e. The smallest absolute Gasteiger partial charge is 0.224 e. The van der Waals surface area contributed by atoms with Crippen molar-refractivity contribution in [3.63, 3.8) is 0 Å². The number of carbonyl (C=O) groups is 1. The molecule has 11 heavy (non-hydrogen) atoms. The van der Waals surface area contributed by atoms with Crippen molar-refractivity contribution in [1.29, 1.82) is 0 Å². The molecule has 0 radical (unpaired) electrons. The molecule has 64 valence electrons. The lowest BCUT2D eigenvalue weighted by molar-refractivity contribution is -0.124. The Morgan fingerprint density at radius 1 is 1.73 bits per heavy atom. The highest BCUT2D eigenvalue weighted by atomic mass is 16.1. The molecular formula is C7H15N3O. The maximum atomic E-state index is 11.2. The summed E-state index contributed by atoms with van der Waals surface area (Å²) in [6.07, 6.45) is 0.955. The highest BCUT2D eigenvalue weighted by molar-refractivity contribution is 5.79. The van der Waals surface area contributed by atoms with E-state index in [-0.39, 0.29) is 11.8 Å². The molecule has 1 heterocycles. The van der Waals surface area contributed by atoms with Gasteiger partial charge in [0.05, 0.1) is 5.92 Å². The third-order valence-electron chi connectivity index (χ3n) is 1.87. The normalized spacial score (nSPS) is 23.5. The first-order valence-corrected chi connectivity index (χ1v) is 4.03. The summed E-state index contributed by atoms with van der Waals surface area (Å²) >= 11 is 0. The Morgan fingerprint density at radius 2 is 2.55 bits per heavy atom. The molecule has 1 aliphatic heterocycles. The van der Waals surface area contributed by atoms with E-state index in [9.17, 15) is 4.79 Å². The summed E-state index contributed by atoms with van der Waals surface area (Å²) in [4.78, 5) is 11.2. The maximum Gasteiger partial charge on any atom is 0.224 e. The van der Waals surface area contributed by atoms with Crippen molar-refractivity contribution in [3.8, 4) is 0 Å². The first kappa shape index (κ1) is 8.49. The second-order valence-corrected chi connectivity index (χ2v) is 2.77. The first-order chi connectivity index (χ1) is 5.34. The lowest BCUT2D eigenvalue weighted by Crippen LogP contribution is -2.35. The van der Waals surface area contributed by atoms with E-state index in [1.54, 1.807) is 0 Å². The lowest BCUT2D eigenvalue weighted by Gasteiger charge is -2.07. The number of rotatable bonds is 3. The van der Waals surface area contributed by atoms with Crippen LogP contribution >= 0.6 is 0 Å². The van der Waals surface area contributed by atoms with Crippen LogP contribution in [0.25, 0.3) is 0 Å².